The average molecular weight is 332 g/mol. The van der Waals surface area contributed by atoms with Crippen LogP contribution in [0.15, 0.2) is 42.5 Å². The first-order valence-electron chi connectivity index (χ1n) is 9.35. The molecule has 0 heterocycles. The normalized spacial score (nSPS) is 25.4. The molecule has 2 heteroatoms. The van der Waals surface area contributed by atoms with Crippen molar-refractivity contribution in [2.75, 3.05) is 0 Å². The molecule has 0 aromatic heterocycles. The molecule has 2 aliphatic carbocycles. The summed E-state index contributed by atoms with van der Waals surface area (Å²) in [6.07, 6.45) is 3.42. The fraction of sp³-hybridized carbons (Fsp3) is 0.391. The van der Waals surface area contributed by atoms with Gasteiger partial charge in [0.1, 0.15) is 5.92 Å². The summed E-state index contributed by atoms with van der Waals surface area (Å²) in [5.74, 6) is -0.0171. The van der Waals surface area contributed by atoms with Crippen LogP contribution in [0, 0.1) is 18.8 Å². The predicted molar refractivity (Wildman–Crippen MR) is 99.6 cm³/mol. The van der Waals surface area contributed by atoms with Crippen molar-refractivity contribution in [3.8, 4) is 11.1 Å². The lowest BCUT2D eigenvalue weighted by molar-refractivity contribution is -0.135. The fourth-order valence-corrected chi connectivity index (χ4v) is 4.53. The van der Waals surface area contributed by atoms with Gasteiger partial charge in [0.25, 0.3) is 0 Å². The van der Waals surface area contributed by atoms with E-state index in [0.717, 1.165) is 47.9 Å². The van der Waals surface area contributed by atoms with Crippen molar-refractivity contribution < 1.29 is 9.59 Å². The summed E-state index contributed by atoms with van der Waals surface area (Å²) < 4.78 is 0. The van der Waals surface area contributed by atoms with E-state index in [1.807, 2.05) is 0 Å². The van der Waals surface area contributed by atoms with Gasteiger partial charge in [0.15, 0.2) is 11.6 Å². The predicted octanol–water partition coefficient (Wildman–Crippen LogP) is 4.88. The van der Waals surface area contributed by atoms with Crippen molar-refractivity contribution in [3.05, 3.63) is 59.2 Å². The van der Waals surface area contributed by atoms with Gasteiger partial charge in [0, 0.05) is 11.8 Å². The highest BCUT2D eigenvalue weighted by Crippen LogP contribution is 2.45. The molecular formula is C23H24O2. The topological polar surface area (TPSA) is 34.1 Å². The van der Waals surface area contributed by atoms with Crippen LogP contribution in [0.4, 0.5) is 0 Å². The lowest BCUT2D eigenvalue weighted by Crippen LogP contribution is -2.35. The molecule has 0 N–H and O–H groups in total. The Balaban J connectivity index is 1.80. The van der Waals surface area contributed by atoms with Crippen LogP contribution in [0.1, 0.15) is 48.8 Å². The highest BCUT2D eigenvalue weighted by Gasteiger charge is 2.47. The molecule has 0 aliphatic heterocycles. The quantitative estimate of drug-likeness (QED) is 0.751. The zero-order chi connectivity index (χ0) is 17.6. The van der Waals surface area contributed by atoms with Gasteiger partial charge in [-0.05, 0) is 60.9 Å². The highest BCUT2D eigenvalue weighted by molar-refractivity contribution is 6.12. The minimum Gasteiger partial charge on any atom is -0.298 e. The Hall–Kier alpha value is -2.22. The summed E-state index contributed by atoms with van der Waals surface area (Å²) in [6.45, 7) is 4.17. The zero-order valence-electron chi connectivity index (χ0n) is 14.9. The number of benzene rings is 2. The van der Waals surface area contributed by atoms with Gasteiger partial charge in [0.2, 0.25) is 0 Å². The van der Waals surface area contributed by atoms with E-state index in [4.69, 9.17) is 0 Å². The Morgan fingerprint density at radius 3 is 2.08 bits per heavy atom. The Bertz CT molecular complexity index is 810. The third-order valence-corrected chi connectivity index (χ3v) is 6.03. The van der Waals surface area contributed by atoms with Gasteiger partial charge in [-0.3, -0.25) is 9.59 Å². The second-order valence-corrected chi connectivity index (χ2v) is 7.58. The van der Waals surface area contributed by atoms with E-state index in [9.17, 15) is 9.59 Å². The molecule has 4 rings (SSSR count). The van der Waals surface area contributed by atoms with Gasteiger partial charge in [-0.2, -0.15) is 0 Å². The third-order valence-electron chi connectivity index (χ3n) is 6.03. The number of rotatable bonds is 3. The van der Waals surface area contributed by atoms with Gasteiger partial charge in [0.05, 0.1) is 0 Å². The second-order valence-electron chi connectivity index (χ2n) is 7.58. The Labute approximate surface area is 149 Å². The van der Waals surface area contributed by atoms with E-state index < -0.39 is 5.92 Å². The number of hydrogen-bond donors (Lipinski definition) is 0. The van der Waals surface area contributed by atoms with Gasteiger partial charge < -0.3 is 0 Å². The average Bonchev–Trinajstić information content (AvgIpc) is 3.08. The molecule has 128 valence electrons. The Morgan fingerprint density at radius 2 is 1.48 bits per heavy atom. The Morgan fingerprint density at radius 1 is 0.880 bits per heavy atom. The summed E-state index contributed by atoms with van der Waals surface area (Å²) >= 11 is 0. The SMILES string of the molecule is CCc1ccc(-c2ccc(C)cc2)cc1C1C(=O)[C@@H]2CC[C@@H](C2)C1=O. The summed E-state index contributed by atoms with van der Waals surface area (Å²) in [5.41, 5.74) is 5.53. The number of Topliss-reactive ketones (excluding diaryl/α,β-unsaturated/α-hetero) is 2. The summed E-state index contributed by atoms with van der Waals surface area (Å²) in [4.78, 5) is 25.9. The Kier molecular flexibility index (Phi) is 4.07. The maximum atomic E-state index is 12.9. The van der Waals surface area contributed by atoms with Gasteiger partial charge in [-0.1, -0.05) is 48.9 Å². The number of fused-ring (bicyclic) bond motifs is 2. The van der Waals surface area contributed by atoms with Crippen LogP contribution in [0.25, 0.3) is 11.1 Å². The van der Waals surface area contributed by atoms with Gasteiger partial charge in [-0.25, -0.2) is 0 Å². The van der Waals surface area contributed by atoms with Crippen LogP contribution < -0.4 is 0 Å². The maximum Gasteiger partial charge on any atom is 0.150 e. The molecule has 2 bridgehead atoms. The number of ketones is 2. The molecular weight excluding hydrogens is 308 g/mol. The smallest absolute Gasteiger partial charge is 0.150 e. The van der Waals surface area contributed by atoms with Crippen molar-refractivity contribution in [1.82, 2.24) is 0 Å². The minimum absolute atomic E-state index is 0.0976. The summed E-state index contributed by atoms with van der Waals surface area (Å²) in [7, 11) is 0. The molecule has 0 spiro atoms. The van der Waals surface area contributed by atoms with Crippen molar-refractivity contribution in [3.63, 3.8) is 0 Å². The molecule has 2 saturated carbocycles. The van der Waals surface area contributed by atoms with Gasteiger partial charge in [-0.15, -0.1) is 0 Å². The number of carbonyl (C=O) groups excluding carboxylic acids is 2. The number of hydrogen-bond acceptors (Lipinski definition) is 2. The fourth-order valence-electron chi connectivity index (χ4n) is 4.53. The van der Waals surface area contributed by atoms with E-state index in [1.54, 1.807) is 0 Å². The highest BCUT2D eigenvalue weighted by atomic mass is 16.2. The molecule has 2 aromatic carbocycles. The molecule has 0 amide bonds. The van der Waals surface area contributed by atoms with Crippen LogP contribution in [0.2, 0.25) is 0 Å². The molecule has 2 aliphatic rings. The zero-order valence-corrected chi connectivity index (χ0v) is 14.9. The standard InChI is InChI=1S/C23H24O2/c1-3-15-8-9-17(16-6-4-14(2)5-7-16)13-20(15)21-22(24)18-10-11-19(12-18)23(21)25/h4-9,13,18-19,21H,3,10-12H2,1-2H3/t18-,19+,21?. The number of carbonyl (C=O) groups is 2. The van der Waals surface area contributed by atoms with Crippen LogP contribution >= 0.6 is 0 Å². The van der Waals surface area contributed by atoms with Crippen molar-refractivity contribution in [2.24, 2.45) is 11.8 Å². The molecule has 3 atom stereocenters. The molecule has 2 fully saturated rings. The van der Waals surface area contributed by atoms with Crippen LogP contribution in [0.3, 0.4) is 0 Å². The lowest BCUT2D eigenvalue weighted by atomic mass is 9.73. The van der Waals surface area contributed by atoms with Crippen molar-refractivity contribution >= 4 is 11.6 Å². The van der Waals surface area contributed by atoms with E-state index in [0.29, 0.717) is 0 Å². The van der Waals surface area contributed by atoms with E-state index in [1.165, 1.54) is 5.56 Å². The van der Waals surface area contributed by atoms with Crippen molar-refractivity contribution in [1.29, 1.82) is 0 Å². The first-order valence-corrected chi connectivity index (χ1v) is 9.35. The van der Waals surface area contributed by atoms with Crippen LogP contribution in [-0.4, -0.2) is 11.6 Å². The van der Waals surface area contributed by atoms with Crippen LogP contribution in [0.5, 0.6) is 0 Å². The molecule has 2 nitrogen and oxygen atoms in total. The molecule has 2 aromatic rings. The summed E-state index contributed by atoms with van der Waals surface area (Å²) in [6, 6.07) is 14.7. The molecule has 1 unspecified atom stereocenters. The monoisotopic (exact) mass is 332 g/mol. The first kappa shape index (κ1) is 16.3. The van der Waals surface area contributed by atoms with Crippen LogP contribution in [-0.2, 0) is 16.0 Å². The molecule has 25 heavy (non-hydrogen) atoms. The second kappa shape index (κ2) is 6.25. The molecule has 0 saturated heterocycles. The molecule has 0 radical (unpaired) electrons. The first-order chi connectivity index (χ1) is 12.1. The van der Waals surface area contributed by atoms with E-state index >= 15 is 0 Å². The van der Waals surface area contributed by atoms with E-state index in [-0.39, 0.29) is 23.4 Å². The third kappa shape index (κ3) is 2.74. The number of aryl methyl sites for hydroxylation is 2. The largest absolute Gasteiger partial charge is 0.298 e. The van der Waals surface area contributed by atoms with E-state index in [2.05, 4.69) is 56.3 Å². The minimum atomic E-state index is -0.536. The lowest BCUT2D eigenvalue weighted by Gasteiger charge is -2.27. The van der Waals surface area contributed by atoms with Crippen molar-refractivity contribution in [2.45, 2.75) is 45.4 Å². The summed E-state index contributed by atoms with van der Waals surface area (Å²) in [5, 5.41) is 0. The maximum absolute atomic E-state index is 12.9. The van der Waals surface area contributed by atoms with Gasteiger partial charge >= 0.3 is 0 Å².